The molecule has 0 amide bonds. The number of nitrogens with two attached hydrogens (primary N) is 1. The molecule has 2 N–H and O–H groups in total. The van der Waals surface area contributed by atoms with Crippen molar-refractivity contribution in [2.45, 2.75) is 39.7 Å². The maximum atomic E-state index is 5.95. The van der Waals surface area contributed by atoms with Gasteiger partial charge in [-0.15, -0.1) is 0 Å². The number of hydrogen-bond donors (Lipinski definition) is 1. The van der Waals surface area contributed by atoms with Crippen molar-refractivity contribution in [3.05, 3.63) is 48.0 Å². The summed E-state index contributed by atoms with van der Waals surface area (Å²) < 4.78 is 2.33. The largest absolute Gasteiger partial charge is 0.399 e. The highest BCUT2D eigenvalue weighted by molar-refractivity contribution is 5.81. The fourth-order valence-electron chi connectivity index (χ4n) is 2.88. The number of aryl methyl sites for hydroxylation is 2. The molecule has 3 nitrogen and oxygen atoms in total. The summed E-state index contributed by atoms with van der Waals surface area (Å²) >= 11 is 0. The van der Waals surface area contributed by atoms with Gasteiger partial charge in [0.1, 0.15) is 5.82 Å². The van der Waals surface area contributed by atoms with Gasteiger partial charge in [-0.3, -0.25) is 0 Å². The van der Waals surface area contributed by atoms with E-state index in [0.717, 1.165) is 29.1 Å². The summed E-state index contributed by atoms with van der Waals surface area (Å²) in [6, 6.07) is 14.5. The van der Waals surface area contributed by atoms with Crippen LogP contribution in [0.2, 0.25) is 0 Å². The molecule has 3 heteroatoms. The molecule has 3 aromatic rings. The van der Waals surface area contributed by atoms with Gasteiger partial charge < -0.3 is 10.3 Å². The Morgan fingerprint density at radius 1 is 1.09 bits per heavy atom. The summed E-state index contributed by atoms with van der Waals surface area (Å²) in [5, 5.41) is 0. The second-order valence-corrected chi connectivity index (χ2v) is 5.91. The van der Waals surface area contributed by atoms with E-state index in [1.165, 1.54) is 30.3 Å². The molecule has 0 bridgehead atoms. The normalized spacial score (nSPS) is 11.2. The van der Waals surface area contributed by atoms with Gasteiger partial charge in [-0.1, -0.05) is 38.0 Å². The second-order valence-electron chi connectivity index (χ2n) is 5.91. The molecule has 1 aromatic heterocycles. The first-order valence-corrected chi connectivity index (χ1v) is 8.02. The third kappa shape index (κ3) is 2.84. The van der Waals surface area contributed by atoms with Crippen LogP contribution in [0.4, 0.5) is 5.69 Å². The van der Waals surface area contributed by atoms with Gasteiger partial charge in [-0.2, -0.15) is 0 Å². The van der Waals surface area contributed by atoms with Crippen LogP contribution < -0.4 is 5.73 Å². The molecular weight excluding hydrogens is 270 g/mol. The van der Waals surface area contributed by atoms with E-state index in [1.807, 2.05) is 18.2 Å². The van der Waals surface area contributed by atoms with Crippen LogP contribution in [0.15, 0.2) is 42.5 Å². The molecule has 22 heavy (non-hydrogen) atoms. The minimum atomic E-state index is 0.779. The zero-order chi connectivity index (χ0) is 15.5. The van der Waals surface area contributed by atoms with Crippen molar-refractivity contribution in [3.63, 3.8) is 0 Å². The van der Waals surface area contributed by atoms with E-state index >= 15 is 0 Å². The lowest BCUT2D eigenvalue weighted by molar-refractivity contribution is 0.617. The number of fused-ring (bicyclic) bond motifs is 1. The topological polar surface area (TPSA) is 43.8 Å². The number of aromatic nitrogens is 2. The molecule has 114 valence electrons. The highest BCUT2D eigenvalue weighted by atomic mass is 15.1. The SMILES string of the molecule is CCCCCn1c(-c2cccc(N)c2)nc2cc(C)ccc21. The first kappa shape index (κ1) is 14.6. The Hall–Kier alpha value is -2.29. The van der Waals surface area contributed by atoms with Crippen molar-refractivity contribution in [1.82, 2.24) is 9.55 Å². The summed E-state index contributed by atoms with van der Waals surface area (Å²) in [6.45, 7) is 5.33. The number of anilines is 1. The third-order valence-electron chi connectivity index (χ3n) is 4.03. The highest BCUT2D eigenvalue weighted by Gasteiger charge is 2.12. The molecule has 0 aliphatic rings. The first-order chi connectivity index (χ1) is 10.7. The first-order valence-electron chi connectivity index (χ1n) is 8.02. The van der Waals surface area contributed by atoms with Gasteiger partial charge >= 0.3 is 0 Å². The number of rotatable bonds is 5. The Bertz CT molecular complexity index is 786. The average Bonchev–Trinajstić information content (AvgIpc) is 2.85. The van der Waals surface area contributed by atoms with E-state index in [4.69, 9.17) is 10.7 Å². The van der Waals surface area contributed by atoms with Crippen molar-refractivity contribution in [2.24, 2.45) is 0 Å². The summed E-state index contributed by atoms with van der Waals surface area (Å²) in [5.74, 6) is 1.02. The lowest BCUT2D eigenvalue weighted by Crippen LogP contribution is -2.01. The number of unbranched alkanes of at least 4 members (excludes halogenated alkanes) is 2. The maximum Gasteiger partial charge on any atom is 0.141 e. The van der Waals surface area contributed by atoms with Gasteiger partial charge in [0.2, 0.25) is 0 Å². The molecule has 0 spiro atoms. The summed E-state index contributed by atoms with van der Waals surface area (Å²) in [7, 11) is 0. The highest BCUT2D eigenvalue weighted by Crippen LogP contribution is 2.27. The van der Waals surface area contributed by atoms with Crippen LogP contribution in [-0.4, -0.2) is 9.55 Å². The standard InChI is InChI=1S/C19H23N3/c1-3-4-5-11-22-18-10-9-14(2)12-17(18)21-19(22)15-7-6-8-16(20)13-15/h6-10,12-13H,3-5,11,20H2,1-2H3. The van der Waals surface area contributed by atoms with E-state index in [1.54, 1.807) is 0 Å². The van der Waals surface area contributed by atoms with Crippen LogP contribution in [-0.2, 0) is 6.54 Å². The van der Waals surface area contributed by atoms with Gasteiger partial charge in [0.15, 0.2) is 0 Å². The molecule has 1 heterocycles. The van der Waals surface area contributed by atoms with Crippen molar-refractivity contribution >= 4 is 16.7 Å². The van der Waals surface area contributed by atoms with Crippen LogP contribution in [0.1, 0.15) is 31.7 Å². The fraction of sp³-hybridized carbons (Fsp3) is 0.316. The number of benzene rings is 2. The van der Waals surface area contributed by atoms with Crippen molar-refractivity contribution < 1.29 is 0 Å². The van der Waals surface area contributed by atoms with Gasteiger partial charge in [-0.05, 0) is 43.2 Å². The molecule has 0 fully saturated rings. The van der Waals surface area contributed by atoms with E-state index in [2.05, 4.69) is 42.7 Å². The van der Waals surface area contributed by atoms with Crippen molar-refractivity contribution in [3.8, 4) is 11.4 Å². The smallest absolute Gasteiger partial charge is 0.141 e. The second kappa shape index (κ2) is 6.22. The van der Waals surface area contributed by atoms with Crippen molar-refractivity contribution in [1.29, 1.82) is 0 Å². The number of imidazole rings is 1. The molecule has 0 saturated heterocycles. The molecule has 3 rings (SSSR count). The predicted molar refractivity (Wildman–Crippen MR) is 93.8 cm³/mol. The van der Waals surface area contributed by atoms with Crippen LogP contribution in [0.5, 0.6) is 0 Å². The van der Waals surface area contributed by atoms with Crippen LogP contribution in [0, 0.1) is 6.92 Å². The van der Waals surface area contributed by atoms with Crippen molar-refractivity contribution in [2.75, 3.05) is 5.73 Å². The molecule has 0 radical (unpaired) electrons. The number of hydrogen-bond acceptors (Lipinski definition) is 2. The number of nitrogens with zero attached hydrogens (tertiary/aromatic N) is 2. The quantitative estimate of drug-likeness (QED) is 0.543. The summed E-state index contributed by atoms with van der Waals surface area (Å²) in [5.41, 5.74) is 11.3. The molecule has 2 aromatic carbocycles. The Morgan fingerprint density at radius 3 is 2.73 bits per heavy atom. The summed E-state index contributed by atoms with van der Waals surface area (Å²) in [6.07, 6.45) is 3.63. The average molecular weight is 293 g/mol. The van der Waals surface area contributed by atoms with Crippen LogP contribution in [0.3, 0.4) is 0 Å². The molecule has 0 aliphatic heterocycles. The molecule has 0 atom stereocenters. The number of nitrogen functional groups attached to an aromatic ring is 1. The Kier molecular flexibility index (Phi) is 4.14. The Morgan fingerprint density at radius 2 is 1.95 bits per heavy atom. The minimum absolute atomic E-state index is 0.779. The molecule has 0 saturated carbocycles. The van der Waals surface area contributed by atoms with E-state index in [-0.39, 0.29) is 0 Å². The molecular formula is C19H23N3. The van der Waals surface area contributed by atoms with Gasteiger partial charge in [0, 0.05) is 17.8 Å². The Balaban J connectivity index is 2.12. The minimum Gasteiger partial charge on any atom is -0.399 e. The summed E-state index contributed by atoms with van der Waals surface area (Å²) in [4.78, 5) is 4.87. The lowest BCUT2D eigenvalue weighted by Gasteiger charge is -2.09. The molecule has 0 unspecified atom stereocenters. The van der Waals surface area contributed by atoms with Gasteiger partial charge in [-0.25, -0.2) is 4.98 Å². The van der Waals surface area contributed by atoms with E-state index in [0.29, 0.717) is 0 Å². The zero-order valence-corrected chi connectivity index (χ0v) is 13.3. The monoisotopic (exact) mass is 293 g/mol. The predicted octanol–water partition coefficient (Wildman–Crippen LogP) is 4.78. The van der Waals surface area contributed by atoms with E-state index < -0.39 is 0 Å². The lowest BCUT2D eigenvalue weighted by atomic mass is 10.2. The van der Waals surface area contributed by atoms with Gasteiger partial charge in [0.25, 0.3) is 0 Å². The maximum absolute atomic E-state index is 5.95. The molecule has 0 aliphatic carbocycles. The van der Waals surface area contributed by atoms with Gasteiger partial charge in [0.05, 0.1) is 11.0 Å². The fourth-order valence-corrected chi connectivity index (χ4v) is 2.88. The Labute approximate surface area is 131 Å². The third-order valence-corrected chi connectivity index (χ3v) is 4.03. The van der Waals surface area contributed by atoms with Crippen LogP contribution >= 0.6 is 0 Å². The zero-order valence-electron chi connectivity index (χ0n) is 13.3. The van der Waals surface area contributed by atoms with Crippen LogP contribution in [0.25, 0.3) is 22.4 Å². The van der Waals surface area contributed by atoms with E-state index in [9.17, 15) is 0 Å².